The average Bonchev–Trinajstić information content (AvgIpc) is 3.01. The van der Waals surface area contributed by atoms with Crippen molar-refractivity contribution in [2.24, 2.45) is 0 Å². The van der Waals surface area contributed by atoms with Gasteiger partial charge in [0.05, 0.1) is 5.69 Å². The van der Waals surface area contributed by atoms with Gasteiger partial charge in [-0.05, 0) is 48.9 Å². The van der Waals surface area contributed by atoms with Crippen LogP contribution in [0.2, 0.25) is 0 Å². The third kappa shape index (κ3) is 3.23. The van der Waals surface area contributed by atoms with Crippen molar-refractivity contribution in [3.8, 4) is 5.75 Å². The van der Waals surface area contributed by atoms with Crippen LogP contribution in [0.5, 0.6) is 5.75 Å². The predicted octanol–water partition coefficient (Wildman–Crippen LogP) is 2.26. The van der Waals surface area contributed by atoms with E-state index in [9.17, 15) is 5.11 Å². The summed E-state index contributed by atoms with van der Waals surface area (Å²) in [7, 11) is 0. The van der Waals surface area contributed by atoms with Crippen LogP contribution in [0.15, 0.2) is 48.5 Å². The first-order valence-electron chi connectivity index (χ1n) is 7.74. The largest absolute Gasteiger partial charge is 0.508 e. The molecule has 1 aromatic carbocycles. The Hall–Kier alpha value is -3.55. The summed E-state index contributed by atoms with van der Waals surface area (Å²) in [4.78, 5) is 0. The zero-order chi connectivity index (χ0) is 17.2. The number of rotatable bonds is 4. The average molecular weight is 333 g/mol. The van der Waals surface area contributed by atoms with Crippen molar-refractivity contribution in [2.45, 2.75) is 13.3 Å². The first-order valence-corrected chi connectivity index (χ1v) is 7.74. The van der Waals surface area contributed by atoms with Crippen LogP contribution in [0.1, 0.15) is 17.1 Å². The van der Waals surface area contributed by atoms with Crippen LogP contribution in [-0.4, -0.2) is 35.1 Å². The molecule has 2 N–H and O–H groups in total. The number of aryl methyl sites for hydroxylation is 1. The van der Waals surface area contributed by atoms with Gasteiger partial charge in [0.2, 0.25) is 0 Å². The van der Waals surface area contributed by atoms with Gasteiger partial charge in [0.1, 0.15) is 5.75 Å². The van der Waals surface area contributed by atoms with Gasteiger partial charge in [-0.3, -0.25) is 0 Å². The second-order valence-electron chi connectivity index (χ2n) is 5.63. The van der Waals surface area contributed by atoms with Crippen molar-refractivity contribution in [1.82, 2.24) is 30.0 Å². The molecule has 0 saturated carbocycles. The quantitative estimate of drug-likeness (QED) is 0.590. The minimum Gasteiger partial charge on any atom is -0.508 e. The smallest absolute Gasteiger partial charge is 0.178 e. The second-order valence-corrected chi connectivity index (χ2v) is 5.63. The molecule has 4 rings (SSSR count). The number of aromatic hydroxyl groups is 1. The van der Waals surface area contributed by atoms with Gasteiger partial charge in [-0.15, -0.1) is 20.4 Å². The minimum absolute atomic E-state index is 0.235. The predicted molar refractivity (Wildman–Crippen MR) is 91.7 cm³/mol. The van der Waals surface area contributed by atoms with Crippen molar-refractivity contribution in [2.75, 3.05) is 5.32 Å². The van der Waals surface area contributed by atoms with E-state index in [1.807, 2.05) is 43.3 Å². The van der Waals surface area contributed by atoms with Crippen LogP contribution in [0.3, 0.4) is 0 Å². The Morgan fingerprint density at radius 2 is 1.68 bits per heavy atom. The molecule has 8 heteroatoms. The van der Waals surface area contributed by atoms with Crippen molar-refractivity contribution in [3.05, 3.63) is 65.6 Å². The number of fused-ring (bicyclic) bond motifs is 1. The fraction of sp³-hybridized carbons (Fsp3) is 0.118. The Kier molecular flexibility index (Phi) is 3.70. The van der Waals surface area contributed by atoms with E-state index in [0.29, 0.717) is 29.5 Å². The minimum atomic E-state index is 0.235. The summed E-state index contributed by atoms with van der Waals surface area (Å²) in [5, 5.41) is 33.5. The van der Waals surface area contributed by atoms with Gasteiger partial charge in [-0.1, -0.05) is 12.1 Å². The fourth-order valence-corrected chi connectivity index (χ4v) is 2.40. The zero-order valence-electron chi connectivity index (χ0n) is 13.5. The molecular formula is C17H15N7O. The molecule has 0 spiro atoms. The highest BCUT2D eigenvalue weighted by atomic mass is 16.3. The van der Waals surface area contributed by atoms with Gasteiger partial charge in [0.15, 0.2) is 23.1 Å². The van der Waals surface area contributed by atoms with E-state index in [-0.39, 0.29) is 5.75 Å². The standard InChI is InChI=1S/C17H15N7O/c1-11-2-7-14(20-19-11)18-15-8-9-16-21-22-17(24(16)23-15)10-12-3-5-13(25)6-4-12/h2-9,25H,10H2,1H3,(H,18,20,23). The molecule has 0 unspecified atom stereocenters. The molecule has 0 saturated heterocycles. The Labute approximate surface area is 143 Å². The highest BCUT2D eigenvalue weighted by Crippen LogP contribution is 2.16. The number of nitrogens with one attached hydrogen (secondary N) is 1. The van der Waals surface area contributed by atoms with Crippen molar-refractivity contribution >= 4 is 17.3 Å². The summed E-state index contributed by atoms with van der Waals surface area (Å²) < 4.78 is 1.69. The summed E-state index contributed by atoms with van der Waals surface area (Å²) in [5.41, 5.74) is 2.52. The second kappa shape index (κ2) is 6.16. The number of hydrogen-bond acceptors (Lipinski definition) is 7. The first kappa shape index (κ1) is 15.0. The summed E-state index contributed by atoms with van der Waals surface area (Å²) in [6, 6.07) is 14.4. The Bertz CT molecular complexity index is 1010. The van der Waals surface area contributed by atoms with Crippen LogP contribution in [0.25, 0.3) is 5.65 Å². The van der Waals surface area contributed by atoms with Crippen molar-refractivity contribution in [3.63, 3.8) is 0 Å². The fourth-order valence-electron chi connectivity index (χ4n) is 2.40. The maximum Gasteiger partial charge on any atom is 0.178 e. The van der Waals surface area contributed by atoms with E-state index in [0.717, 1.165) is 11.3 Å². The van der Waals surface area contributed by atoms with Crippen molar-refractivity contribution in [1.29, 1.82) is 0 Å². The maximum absolute atomic E-state index is 9.38. The summed E-state index contributed by atoms with van der Waals surface area (Å²) in [5.74, 6) is 2.18. The van der Waals surface area contributed by atoms with Gasteiger partial charge in [0, 0.05) is 6.42 Å². The summed E-state index contributed by atoms with van der Waals surface area (Å²) in [6.45, 7) is 1.88. The lowest BCUT2D eigenvalue weighted by molar-refractivity contribution is 0.475. The van der Waals surface area contributed by atoms with Gasteiger partial charge in [-0.2, -0.15) is 9.61 Å². The van der Waals surface area contributed by atoms with Gasteiger partial charge in [-0.25, -0.2) is 0 Å². The molecule has 25 heavy (non-hydrogen) atoms. The molecule has 0 aliphatic heterocycles. The lowest BCUT2D eigenvalue weighted by Crippen LogP contribution is -2.04. The SMILES string of the molecule is Cc1ccc(Nc2ccc3nnc(Cc4ccc(O)cc4)n3n2)nn1. The number of aromatic nitrogens is 6. The molecule has 124 valence electrons. The Morgan fingerprint density at radius 1 is 0.880 bits per heavy atom. The van der Waals surface area contributed by atoms with Crippen LogP contribution >= 0.6 is 0 Å². The van der Waals surface area contributed by atoms with E-state index in [1.54, 1.807) is 16.6 Å². The van der Waals surface area contributed by atoms with E-state index < -0.39 is 0 Å². The molecule has 8 nitrogen and oxygen atoms in total. The third-order valence-corrected chi connectivity index (χ3v) is 3.68. The monoisotopic (exact) mass is 333 g/mol. The van der Waals surface area contributed by atoms with Gasteiger partial charge in [0.25, 0.3) is 0 Å². The molecule has 0 atom stereocenters. The molecule has 3 heterocycles. The molecule has 4 aromatic rings. The number of benzene rings is 1. The number of phenolic OH excluding ortho intramolecular Hbond substituents is 1. The highest BCUT2D eigenvalue weighted by Gasteiger charge is 2.09. The number of anilines is 2. The van der Waals surface area contributed by atoms with E-state index in [1.165, 1.54) is 0 Å². The first-order chi connectivity index (χ1) is 12.2. The number of hydrogen-bond donors (Lipinski definition) is 2. The van der Waals surface area contributed by atoms with E-state index >= 15 is 0 Å². The topological polar surface area (TPSA) is 101 Å². The highest BCUT2D eigenvalue weighted by molar-refractivity contribution is 5.53. The molecule has 3 aromatic heterocycles. The third-order valence-electron chi connectivity index (χ3n) is 3.68. The molecule has 0 fully saturated rings. The number of nitrogens with zero attached hydrogens (tertiary/aromatic N) is 6. The van der Waals surface area contributed by atoms with Crippen LogP contribution in [-0.2, 0) is 6.42 Å². The van der Waals surface area contributed by atoms with Gasteiger partial charge < -0.3 is 10.4 Å². The maximum atomic E-state index is 9.38. The molecule has 0 aliphatic rings. The van der Waals surface area contributed by atoms with Crippen LogP contribution in [0.4, 0.5) is 11.6 Å². The molecule has 0 aliphatic carbocycles. The Morgan fingerprint density at radius 3 is 2.44 bits per heavy atom. The van der Waals surface area contributed by atoms with Gasteiger partial charge >= 0.3 is 0 Å². The lowest BCUT2D eigenvalue weighted by Gasteiger charge is -2.05. The lowest BCUT2D eigenvalue weighted by atomic mass is 10.1. The molecule has 0 amide bonds. The zero-order valence-corrected chi connectivity index (χ0v) is 13.5. The van der Waals surface area contributed by atoms with E-state index in [2.05, 4.69) is 30.8 Å². The van der Waals surface area contributed by atoms with Crippen molar-refractivity contribution < 1.29 is 5.11 Å². The Balaban J connectivity index is 1.62. The van der Waals surface area contributed by atoms with Crippen LogP contribution in [0, 0.1) is 6.92 Å². The summed E-state index contributed by atoms with van der Waals surface area (Å²) >= 11 is 0. The molecular weight excluding hydrogens is 318 g/mol. The molecule has 0 bridgehead atoms. The number of phenols is 1. The normalized spacial score (nSPS) is 10.9. The summed E-state index contributed by atoms with van der Waals surface area (Å²) in [6.07, 6.45) is 0.558. The van der Waals surface area contributed by atoms with Crippen LogP contribution < -0.4 is 5.32 Å². The van der Waals surface area contributed by atoms with E-state index in [4.69, 9.17) is 0 Å². The molecule has 0 radical (unpaired) electrons.